The Morgan fingerprint density at radius 1 is 1.31 bits per heavy atom. The highest BCUT2D eigenvalue weighted by atomic mass is 35.5. The summed E-state index contributed by atoms with van der Waals surface area (Å²) in [5.41, 5.74) is 0.401. The number of rotatable bonds is 5. The highest BCUT2D eigenvalue weighted by Gasteiger charge is 2.15. The number of carbonyl (C=O) groups excluding carboxylic acids is 2. The van der Waals surface area contributed by atoms with Gasteiger partial charge in [-0.05, 0) is 30.3 Å². The van der Waals surface area contributed by atoms with E-state index in [0.717, 1.165) is 6.07 Å². The van der Waals surface area contributed by atoms with Crippen LogP contribution in [0.5, 0.6) is 0 Å². The number of hydrogen-bond donors (Lipinski definition) is 2. The molecule has 0 fully saturated rings. The van der Waals surface area contributed by atoms with Crippen molar-refractivity contribution in [1.29, 1.82) is 0 Å². The van der Waals surface area contributed by atoms with Crippen LogP contribution in [-0.4, -0.2) is 16.8 Å². The molecule has 1 aromatic carbocycles. The summed E-state index contributed by atoms with van der Waals surface area (Å²) in [5.74, 6) is -0.404. The quantitative estimate of drug-likeness (QED) is 0.684. The van der Waals surface area contributed by atoms with Crippen LogP contribution < -0.4 is 10.6 Å². The molecule has 0 saturated carbocycles. The van der Waals surface area contributed by atoms with Gasteiger partial charge in [-0.25, -0.2) is 9.37 Å². The van der Waals surface area contributed by atoms with Gasteiger partial charge in [-0.15, -0.1) is 11.3 Å². The Hall–Kier alpha value is -2.71. The molecule has 26 heavy (non-hydrogen) atoms. The van der Waals surface area contributed by atoms with Crippen molar-refractivity contribution >= 4 is 39.9 Å². The van der Waals surface area contributed by atoms with Gasteiger partial charge in [0.2, 0.25) is 5.91 Å². The van der Waals surface area contributed by atoms with Crippen molar-refractivity contribution in [1.82, 2.24) is 10.3 Å². The van der Waals surface area contributed by atoms with E-state index < -0.39 is 11.7 Å². The van der Waals surface area contributed by atoms with Gasteiger partial charge in [-0.2, -0.15) is 0 Å². The molecule has 9 heteroatoms. The Labute approximate surface area is 157 Å². The van der Waals surface area contributed by atoms with Gasteiger partial charge in [0, 0.05) is 17.3 Å². The van der Waals surface area contributed by atoms with E-state index in [1.165, 1.54) is 30.4 Å². The minimum absolute atomic E-state index is 0.123. The SMILES string of the molecule is CC(=O)NCc1ccc(-c2csc(NC(=O)c3ccc(Cl)cc3F)n2)o1. The first-order chi connectivity index (χ1) is 12.4. The summed E-state index contributed by atoms with van der Waals surface area (Å²) in [6.45, 7) is 1.70. The molecule has 0 aliphatic carbocycles. The van der Waals surface area contributed by atoms with Crippen LogP contribution in [-0.2, 0) is 11.3 Å². The van der Waals surface area contributed by atoms with Gasteiger partial charge in [-0.3, -0.25) is 14.9 Å². The number of anilines is 1. The number of amides is 2. The first-order valence-electron chi connectivity index (χ1n) is 7.48. The molecule has 0 unspecified atom stereocenters. The summed E-state index contributed by atoms with van der Waals surface area (Å²) < 4.78 is 19.4. The Kier molecular flexibility index (Phi) is 5.34. The van der Waals surface area contributed by atoms with E-state index in [2.05, 4.69) is 15.6 Å². The summed E-state index contributed by atoms with van der Waals surface area (Å²) >= 11 is 6.86. The minimum Gasteiger partial charge on any atom is -0.458 e. The van der Waals surface area contributed by atoms with Gasteiger partial charge < -0.3 is 9.73 Å². The lowest BCUT2D eigenvalue weighted by atomic mass is 10.2. The average molecular weight is 394 g/mol. The molecule has 0 aliphatic heterocycles. The Bertz CT molecular complexity index is 970. The average Bonchev–Trinajstić information content (AvgIpc) is 3.21. The second-order valence-electron chi connectivity index (χ2n) is 5.29. The fourth-order valence-corrected chi connectivity index (χ4v) is 2.96. The van der Waals surface area contributed by atoms with Gasteiger partial charge in [0.25, 0.3) is 5.91 Å². The minimum atomic E-state index is -0.708. The number of nitrogens with zero attached hydrogens (tertiary/aromatic N) is 1. The van der Waals surface area contributed by atoms with Gasteiger partial charge >= 0.3 is 0 Å². The number of carbonyl (C=O) groups is 2. The van der Waals surface area contributed by atoms with Gasteiger partial charge in [0.05, 0.1) is 12.1 Å². The smallest absolute Gasteiger partial charge is 0.260 e. The van der Waals surface area contributed by atoms with E-state index in [9.17, 15) is 14.0 Å². The van der Waals surface area contributed by atoms with Crippen molar-refractivity contribution in [2.45, 2.75) is 13.5 Å². The van der Waals surface area contributed by atoms with Gasteiger partial charge in [-0.1, -0.05) is 11.6 Å². The number of furan rings is 1. The summed E-state index contributed by atoms with van der Waals surface area (Å²) in [4.78, 5) is 27.3. The zero-order chi connectivity index (χ0) is 18.7. The van der Waals surface area contributed by atoms with Crippen LogP contribution in [0, 0.1) is 5.82 Å². The van der Waals surface area contributed by atoms with Crippen molar-refractivity contribution in [2.24, 2.45) is 0 Å². The molecule has 2 aromatic heterocycles. The fraction of sp³-hybridized carbons (Fsp3) is 0.118. The van der Waals surface area contributed by atoms with Crippen LogP contribution in [0.4, 0.5) is 9.52 Å². The normalized spacial score (nSPS) is 10.6. The molecule has 0 bridgehead atoms. The van der Waals surface area contributed by atoms with Crippen LogP contribution in [0.15, 0.2) is 40.1 Å². The fourth-order valence-electron chi connectivity index (χ4n) is 2.10. The predicted octanol–water partition coefficient (Wildman–Crippen LogP) is 4.08. The second-order valence-corrected chi connectivity index (χ2v) is 6.59. The summed E-state index contributed by atoms with van der Waals surface area (Å²) in [7, 11) is 0. The van der Waals surface area contributed by atoms with Crippen LogP contribution in [0.1, 0.15) is 23.0 Å². The molecular formula is C17H13ClFN3O3S. The Balaban J connectivity index is 1.70. The van der Waals surface area contributed by atoms with Gasteiger partial charge in [0.15, 0.2) is 10.9 Å². The molecule has 0 aliphatic rings. The highest BCUT2D eigenvalue weighted by molar-refractivity contribution is 7.14. The van der Waals surface area contributed by atoms with Crippen molar-refractivity contribution in [2.75, 3.05) is 5.32 Å². The first-order valence-corrected chi connectivity index (χ1v) is 8.73. The number of hydrogen-bond acceptors (Lipinski definition) is 5. The summed E-state index contributed by atoms with van der Waals surface area (Å²) in [6.07, 6.45) is 0. The molecule has 0 radical (unpaired) electrons. The maximum Gasteiger partial charge on any atom is 0.260 e. The summed E-state index contributed by atoms with van der Waals surface area (Å²) in [5, 5.41) is 7.39. The third kappa shape index (κ3) is 4.27. The number of thiazole rings is 1. The molecule has 0 spiro atoms. The molecule has 2 N–H and O–H groups in total. The van der Waals surface area contributed by atoms with E-state index in [4.69, 9.17) is 16.0 Å². The van der Waals surface area contributed by atoms with E-state index in [0.29, 0.717) is 22.3 Å². The maximum atomic E-state index is 13.8. The van der Waals surface area contributed by atoms with Gasteiger partial charge in [0.1, 0.15) is 17.3 Å². The van der Waals surface area contributed by atoms with E-state index in [-0.39, 0.29) is 23.0 Å². The molecule has 3 rings (SSSR count). The van der Waals surface area contributed by atoms with Crippen molar-refractivity contribution in [3.63, 3.8) is 0 Å². The Morgan fingerprint density at radius 2 is 2.12 bits per heavy atom. The van der Waals surface area contributed by atoms with Crippen molar-refractivity contribution < 1.29 is 18.4 Å². The standard InChI is InChI=1S/C17H13ClFN3O3S/c1-9(23)20-7-11-3-5-15(25-11)14-8-26-17(21-14)22-16(24)12-4-2-10(18)6-13(12)19/h2-6,8H,7H2,1H3,(H,20,23)(H,21,22,24). The Morgan fingerprint density at radius 3 is 2.85 bits per heavy atom. The van der Waals surface area contributed by atoms with Crippen molar-refractivity contribution in [3.05, 3.63) is 57.9 Å². The molecule has 0 saturated heterocycles. The van der Waals surface area contributed by atoms with Crippen molar-refractivity contribution in [3.8, 4) is 11.5 Å². The van der Waals surface area contributed by atoms with E-state index in [1.807, 2.05) is 0 Å². The maximum absolute atomic E-state index is 13.8. The van der Waals surface area contributed by atoms with E-state index >= 15 is 0 Å². The topological polar surface area (TPSA) is 84.2 Å². The summed E-state index contributed by atoms with van der Waals surface area (Å²) in [6, 6.07) is 7.26. The molecule has 134 valence electrons. The van der Waals surface area contributed by atoms with Crippen LogP contribution in [0.2, 0.25) is 5.02 Å². The third-order valence-corrected chi connectivity index (χ3v) is 4.32. The lowest BCUT2D eigenvalue weighted by Crippen LogP contribution is -2.18. The third-order valence-electron chi connectivity index (χ3n) is 3.33. The van der Waals surface area contributed by atoms with Crippen LogP contribution in [0.25, 0.3) is 11.5 Å². The van der Waals surface area contributed by atoms with Crippen LogP contribution in [0.3, 0.4) is 0 Å². The lowest BCUT2D eigenvalue weighted by Gasteiger charge is -2.03. The molecule has 0 atom stereocenters. The number of nitrogens with one attached hydrogen (secondary N) is 2. The molecule has 2 heterocycles. The predicted molar refractivity (Wildman–Crippen MR) is 96.7 cm³/mol. The zero-order valence-corrected chi connectivity index (χ0v) is 15.1. The number of aromatic nitrogens is 1. The monoisotopic (exact) mass is 393 g/mol. The molecular weight excluding hydrogens is 381 g/mol. The zero-order valence-electron chi connectivity index (χ0n) is 13.5. The molecule has 3 aromatic rings. The molecule has 2 amide bonds. The number of benzene rings is 1. The second kappa shape index (κ2) is 7.67. The number of halogens is 2. The van der Waals surface area contributed by atoms with Crippen LogP contribution >= 0.6 is 22.9 Å². The van der Waals surface area contributed by atoms with E-state index in [1.54, 1.807) is 17.5 Å². The first kappa shape index (κ1) is 18.1. The largest absolute Gasteiger partial charge is 0.458 e. The lowest BCUT2D eigenvalue weighted by molar-refractivity contribution is -0.119. The molecule has 6 nitrogen and oxygen atoms in total. The highest BCUT2D eigenvalue weighted by Crippen LogP contribution is 2.27.